The number of hydrogen-bond acceptors (Lipinski definition) is 6. The van der Waals surface area contributed by atoms with Crippen molar-refractivity contribution in [2.75, 3.05) is 5.75 Å². The number of aliphatic hydroxyl groups excluding tert-OH is 1. The standard InChI is InChI=1S/C10H13NO4S2.Na/c1-3-16-10-6(9(14)15)11-7(13)5(4(2)12)8(11)17-10;/h4-5,8,12H,3H2,1-2H3,(H,14,15);/q;+1/p-1/t4-,5-,8-;/m1./s1. The van der Waals surface area contributed by atoms with Gasteiger partial charge in [-0.3, -0.25) is 9.69 Å². The summed E-state index contributed by atoms with van der Waals surface area (Å²) in [5, 5.41) is 20.2. The van der Waals surface area contributed by atoms with E-state index in [4.69, 9.17) is 0 Å². The van der Waals surface area contributed by atoms with Crippen LogP contribution in [-0.2, 0) is 9.59 Å². The first-order valence-electron chi connectivity index (χ1n) is 5.25. The number of hydrogen-bond donors (Lipinski definition) is 1. The molecule has 0 aromatic rings. The summed E-state index contributed by atoms with van der Waals surface area (Å²) < 4.78 is 0.606. The molecule has 1 fully saturated rings. The second kappa shape index (κ2) is 6.19. The van der Waals surface area contributed by atoms with Crippen LogP contribution in [0.5, 0.6) is 0 Å². The first-order chi connectivity index (χ1) is 7.99. The summed E-state index contributed by atoms with van der Waals surface area (Å²) >= 11 is 2.71. The number of nitrogens with zero attached hydrogens (tertiary/aromatic N) is 1. The minimum atomic E-state index is -1.33. The van der Waals surface area contributed by atoms with Gasteiger partial charge >= 0.3 is 29.6 Å². The SMILES string of the molecule is CCSC1=C(C(=O)[O-])N2C(=O)[C@@H]([C@@H](C)O)[C@H]2S1.[Na+]. The molecule has 0 spiro atoms. The van der Waals surface area contributed by atoms with Gasteiger partial charge in [0, 0.05) is 0 Å². The van der Waals surface area contributed by atoms with Gasteiger partial charge in [0.05, 0.1) is 27.9 Å². The van der Waals surface area contributed by atoms with E-state index in [-0.39, 0.29) is 46.5 Å². The summed E-state index contributed by atoms with van der Waals surface area (Å²) in [6.45, 7) is 3.46. The molecule has 1 N–H and O–H groups in total. The van der Waals surface area contributed by atoms with E-state index < -0.39 is 18.0 Å². The van der Waals surface area contributed by atoms with Gasteiger partial charge in [-0.15, -0.1) is 11.8 Å². The van der Waals surface area contributed by atoms with Gasteiger partial charge in [0.1, 0.15) is 5.37 Å². The summed E-state index contributed by atoms with van der Waals surface area (Å²) in [7, 11) is 0. The number of carbonyl (C=O) groups excluding carboxylic acids is 2. The maximum Gasteiger partial charge on any atom is 1.00 e. The number of thioether (sulfide) groups is 2. The Morgan fingerprint density at radius 1 is 1.67 bits per heavy atom. The first kappa shape index (κ1) is 16.4. The molecule has 2 aliphatic rings. The molecule has 1 saturated heterocycles. The van der Waals surface area contributed by atoms with Gasteiger partial charge in [-0.2, -0.15) is 0 Å². The molecule has 0 saturated carbocycles. The fourth-order valence-electron chi connectivity index (χ4n) is 1.97. The average molecular weight is 297 g/mol. The molecule has 0 aromatic heterocycles. The molecule has 2 heterocycles. The van der Waals surface area contributed by atoms with Gasteiger partial charge in [0.2, 0.25) is 5.91 Å². The molecule has 2 rings (SSSR count). The third kappa shape index (κ3) is 2.48. The second-order valence-electron chi connectivity index (χ2n) is 3.84. The van der Waals surface area contributed by atoms with Crippen molar-refractivity contribution < 1.29 is 49.4 Å². The molecule has 0 aliphatic carbocycles. The topological polar surface area (TPSA) is 80.7 Å². The largest absolute Gasteiger partial charge is 1.00 e. The van der Waals surface area contributed by atoms with Gasteiger partial charge in [0.15, 0.2) is 0 Å². The summed E-state index contributed by atoms with van der Waals surface area (Å²) in [6, 6.07) is 0. The molecular weight excluding hydrogens is 285 g/mol. The molecule has 18 heavy (non-hydrogen) atoms. The van der Waals surface area contributed by atoms with Crippen molar-refractivity contribution in [2.24, 2.45) is 5.92 Å². The molecule has 0 aromatic carbocycles. The Morgan fingerprint density at radius 3 is 2.72 bits per heavy atom. The van der Waals surface area contributed by atoms with Crippen LogP contribution in [0.3, 0.4) is 0 Å². The van der Waals surface area contributed by atoms with E-state index >= 15 is 0 Å². The number of fused-ring (bicyclic) bond motifs is 1. The Bertz CT molecular complexity index is 413. The normalized spacial score (nSPS) is 27.5. The van der Waals surface area contributed by atoms with Crippen molar-refractivity contribution in [1.29, 1.82) is 0 Å². The van der Waals surface area contributed by atoms with E-state index in [0.717, 1.165) is 5.75 Å². The molecule has 5 nitrogen and oxygen atoms in total. The van der Waals surface area contributed by atoms with Gasteiger partial charge in [-0.05, 0) is 12.7 Å². The van der Waals surface area contributed by atoms with Crippen LogP contribution in [0.2, 0.25) is 0 Å². The van der Waals surface area contributed by atoms with E-state index in [1.165, 1.54) is 28.4 Å². The fraction of sp³-hybridized carbons (Fsp3) is 0.600. The molecule has 1 amide bonds. The zero-order chi connectivity index (χ0) is 12.7. The van der Waals surface area contributed by atoms with Crippen molar-refractivity contribution in [1.82, 2.24) is 4.90 Å². The second-order valence-corrected chi connectivity index (χ2v) is 6.50. The molecule has 94 valence electrons. The monoisotopic (exact) mass is 297 g/mol. The zero-order valence-electron chi connectivity index (χ0n) is 10.4. The number of aliphatic carboxylic acids is 1. The van der Waals surface area contributed by atoms with E-state index in [0.29, 0.717) is 4.24 Å². The zero-order valence-corrected chi connectivity index (χ0v) is 14.0. The number of rotatable bonds is 4. The van der Waals surface area contributed by atoms with Gasteiger partial charge in [0.25, 0.3) is 0 Å². The minimum absolute atomic E-state index is 0. The number of carbonyl (C=O) groups is 2. The van der Waals surface area contributed by atoms with Gasteiger partial charge in [-0.1, -0.05) is 18.7 Å². The van der Waals surface area contributed by atoms with Crippen LogP contribution in [0.4, 0.5) is 0 Å². The summed E-state index contributed by atoms with van der Waals surface area (Å²) in [5.74, 6) is -1.44. The maximum atomic E-state index is 11.8. The van der Waals surface area contributed by atoms with Crippen molar-refractivity contribution in [3.63, 3.8) is 0 Å². The minimum Gasteiger partial charge on any atom is -0.543 e. The summed E-state index contributed by atoms with van der Waals surface area (Å²) in [4.78, 5) is 24.0. The van der Waals surface area contributed by atoms with Crippen LogP contribution in [-0.4, -0.2) is 39.1 Å². The average Bonchev–Trinajstić information content (AvgIpc) is 2.53. The molecule has 8 heteroatoms. The third-order valence-electron chi connectivity index (χ3n) is 2.73. The van der Waals surface area contributed by atoms with Gasteiger partial charge in [-0.25, -0.2) is 0 Å². The van der Waals surface area contributed by atoms with E-state index in [1.54, 1.807) is 6.92 Å². The van der Waals surface area contributed by atoms with Gasteiger partial charge < -0.3 is 15.0 Å². The van der Waals surface area contributed by atoms with E-state index in [1.807, 2.05) is 6.92 Å². The quantitative estimate of drug-likeness (QED) is 0.430. The smallest absolute Gasteiger partial charge is 0.543 e. The number of β-lactam (4-membered cyclic amide) rings is 1. The molecule has 0 bridgehead atoms. The summed E-state index contributed by atoms with van der Waals surface area (Å²) in [6.07, 6.45) is -0.759. The van der Waals surface area contributed by atoms with Crippen LogP contribution >= 0.6 is 23.5 Å². The Morgan fingerprint density at radius 2 is 2.28 bits per heavy atom. The van der Waals surface area contributed by atoms with Crippen molar-refractivity contribution in [3.05, 3.63) is 9.93 Å². The fourth-order valence-corrected chi connectivity index (χ4v) is 4.79. The Balaban J connectivity index is 0.00000162. The molecule has 0 radical (unpaired) electrons. The van der Waals surface area contributed by atoms with Crippen molar-refractivity contribution >= 4 is 35.4 Å². The number of amides is 1. The number of carboxylic acids is 1. The van der Waals surface area contributed by atoms with Crippen LogP contribution < -0.4 is 34.7 Å². The molecule has 0 unspecified atom stereocenters. The van der Waals surface area contributed by atoms with Crippen molar-refractivity contribution in [2.45, 2.75) is 25.3 Å². The first-order valence-corrected chi connectivity index (χ1v) is 7.11. The predicted molar refractivity (Wildman–Crippen MR) is 63.6 cm³/mol. The maximum absolute atomic E-state index is 11.8. The molecule has 3 atom stereocenters. The van der Waals surface area contributed by atoms with Crippen molar-refractivity contribution in [3.8, 4) is 0 Å². The predicted octanol–water partition coefficient (Wildman–Crippen LogP) is -3.43. The molecular formula is C10H12NNaO4S2. The van der Waals surface area contributed by atoms with E-state index in [2.05, 4.69) is 0 Å². The molecule has 2 aliphatic heterocycles. The van der Waals surface area contributed by atoms with Crippen LogP contribution in [0.15, 0.2) is 9.93 Å². The number of carboxylic acid groups (broad SMARTS) is 1. The number of aliphatic hydroxyl groups is 1. The summed E-state index contributed by atoms with van der Waals surface area (Å²) in [5.41, 5.74) is -0.0336. The van der Waals surface area contributed by atoms with E-state index in [9.17, 15) is 19.8 Å². The van der Waals surface area contributed by atoms with Crippen LogP contribution in [0.1, 0.15) is 13.8 Å². The Hall–Kier alpha value is 0.340. The van der Waals surface area contributed by atoms with Crippen LogP contribution in [0, 0.1) is 5.92 Å². The Kier molecular flexibility index (Phi) is 5.64. The van der Waals surface area contributed by atoms with Crippen LogP contribution in [0.25, 0.3) is 0 Å². The Labute approximate surface area is 136 Å². The third-order valence-corrected chi connectivity index (χ3v) is 5.27.